The first-order chi connectivity index (χ1) is 20.4. The second-order valence-corrected chi connectivity index (χ2v) is 11.6. The van der Waals surface area contributed by atoms with Crippen LogP contribution in [0.15, 0.2) is 41.3 Å². The number of primary amides is 1. The van der Waals surface area contributed by atoms with Crippen molar-refractivity contribution < 1.29 is 38.8 Å². The number of alkyl halides is 1. The van der Waals surface area contributed by atoms with Gasteiger partial charge in [-0.2, -0.15) is 0 Å². The quantitative estimate of drug-likeness (QED) is 0.225. The monoisotopic (exact) mass is 594 g/mol. The standard InChI is InChI=1S/C31H35FN4O7/c1-13(10-32)34-12-16-9-17(14-5-6-20(43-4)35-11-14)18-7-15-8-19-23(28(39)21(15)27(38)22(18)26(16)37)29(40)24(31(33)42)30(41)25(19)36(2)3/h5-6,9,11,13,15,19,23,25,34,37-38,41H,7-8,10,12H2,1-4H3,(H2,33,42)/t13?,15?,19?,23?,25-/m0/s1. The topological polar surface area (TPSA) is 175 Å². The summed E-state index contributed by atoms with van der Waals surface area (Å²) in [7, 11) is 4.83. The number of aromatic hydroxyl groups is 1. The average Bonchev–Trinajstić information content (AvgIpc) is 2.95. The van der Waals surface area contributed by atoms with Crippen LogP contribution in [-0.2, 0) is 27.3 Å². The highest BCUT2D eigenvalue weighted by atomic mass is 19.1. The number of aromatic nitrogens is 1. The number of nitrogens with two attached hydrogens (primary N) is 1. The zero-order chi connectivity index (χ0) is 31.3. The lowest BCUT2D eigenvalue weighted by Crippen LogP contribution is -2.55. The largest absolute Gasteiger partial charge is 0.510 e. The summed E-state index contributed by atoms with van der Waals surface area (Å²) in [5.41, 5.74) is 7.12. The van der Waals surface area contributed by atoms with E-state index in [1.165, 1.54) is 7.11 Å². The highest BCUT2D eigenvalue weighted by molar-refractivity contribution is 6.28. The fourth-order valence-corrected chi connectivity index (χ4v) is 6.78. The molecule has 1 saturated carbocycles. The van der Waals surface area contributed by atoms with Gasteiger partial charge in [0.25, 0.3) is 5.91 Å². The number of rotatable bonds is 8. The molecule has 43 heavy (non-hydrogen) atoms. The zero-order valence-electron chi connectivity index (χ0n) is 24.3. The van der Waals surface area contributed by atoms with Gasteiger partial charge in [0, 0.05) is 41.5 Å². The molecule has 1 fully saturated rings. The van der Waals surface area contributed by atoms with Crippen molar-refractivity contribution in [2.45, 2.75) is 38.4 Å². The van der Waals surface area contributed by atoms with E-state index in [1.807, 2.05) is 0 Å². The van der Waals surface area contributed by atoms with E-state index >= 15 is 0 Å². The van der Waals surface area contributed by atoms with E-state index < -0.39 is 71.1 Å². The normalized spacial score (nSPS) is 24.0. The Morgan fingerprint density at radius 2 is 1.95 bits per heavy atom. The summed E-state index contributed by atoms with van der Waals surface area (Å²) < 4.78 is 18.4. The second kappa shape index (κ2) is 11.4. The first-order valence-corrected chi connectivity index (χ1v) is 14.0. The Balaban J connectivity index is 1.69. The first-order valence-electron chi connectivity index (χ1n) is 14.0. The van der Waals surface area contributed by atoms with Crippen LogP contribution in [-0.4, -0.2) is 82.6 Å². The molecule has 11 nitrogen and oxygen atoms in total. The van der Waals surface area contributed by atoms with E-state index in [0.717, 1.165) is 0 Å². The van der Waals surface area contributed by atoms with Gasteiger partial charge in [-0.05, 0) is 69.0 Å². The van der Waals surface area contributed by atoms with E-state index in [1.54, 1.807) is 50.3 Å². The summed E-state index contributed by atoms with van der Waals surface area (Å²) in [5, 5.41) is 37.1. The van der Waals surface area contributed by atoms with Crippen molar-refractivity contribution in [1.29, 1.82) is 0 Å². The molecule has 5 atom stereocenters. The number of nitrogens with zero attached hydrogens (tertiary/aromatic N) is 2. The minimum Gasteiger partial charge on any atom is -0.510 e. The average molecular weight is 595 g/mol. The molecule has 0 spiro atoms. The van der Waals surface area contributed by atoms with Gasteiger partial charge in [-0.3, -0.25) is 19.3 Å². The lowest BCUT2D eigenvalue weighted by Gasteiger charge is -2.46. The number of allylic oxidation sites excluding steroid dienone is 1. The summed E-state index contributed by atoms with van der Waals surface area (Å²) in [4.78, 5) is 45.6. The fourth-order valence-electron chi connectivity index (χ4n) is 6.78. The highest BCUT2D eigenvalue weighted by Crippen LogP contribution is 2.52. The molecule has 1 amide bonds. The maximum absolute atomic E-state index is 14.1. The number of amides is 1. The van der Waals surface area contributed by atoms with E-state index in [0.29, 0.717) is 28.1 Å². The number of phenolic OH excluding ortho intramolecular Hbond substituents is 1. The molecule has 3 aliphatic carbocycles. The number of aliphatic hydroxyl groups is 2. The Labute approximate surface area is 247 Å². The first kappa shape index (κ1) is 30.2. The van der Waals surface area contributed by atoms with Gasteiger partial charge in [0.15, 0.2) is 11.6 Å². The number of aliphatic hydroxyl groups excluding tert-OH is 2. The summed E-state index contributed by atoms with van der Waals surface area (Å²) in [5.74, 6) is -6.07. The molecule has 4 unspecified atom stereocenters. The summed E-state index contributed by atoms with van der Waals surface area (Å²) >= 11 is 0. The Hall–Kier alpha value is -4.29. The molecule has 228 valence electrons. The van der Waals surface area contributed by atoms with Crippen LogP contribution in [0.4, 0.5) is 4.39 Å². The second-order valence-electron chi connectivity index (χ2n) is 11.6. The van der Waals surface area contributed by atoms with Crippen LogP contribution < -0.4 is 15.8 Å². The SMILES string of the molecule is COc1ccc(-c2cc(CNC(C)CF)c(O)c3c2CC2CC4C(C(=O)C(C(N)=O)=C(O)[C@H]4N(C)C)C(=O)C2=C3O)cn1. The fraction of sp³-hybridized carbons (Fsp3) is 0.419. The number of benzene rings is 1. The summed E-state index contributed by atoms with van der Waals surface area (Å²) in [6.07, 6.45) is 2.06. The van der Waals surface area contributed by atoms with E-state index in [4.69, 9.17) is 10.5 Å². The Morgan fingerprint density at radius 3 is 2.53 bits per heavy atom. The maximum Gasteiger partial charge on any atom is 0.255 e. The number of ketones is 2. The molecule has 0 aliphatic heterocycles. The molecule has 2 aromatic rings. The van der Waals surface area contributed by atoms with Crippen LogP contribution in [0.3, 0.4) is 0 Å². The maximum atomic E-state index is 14.1. The summed E-state index contributed by atoms with van der Waals surface area (Å²) in [6, 6.07) is 3.89. The van der Waals surface area contributed by atoms with E-state index in [2.05, 4.69) is 10.3 Å². The molecule has 3 aliphatic rings. The number of hydrogen-bond donors (Lipinski definition) is 5. The third-order valence-electron chi connectivity index (χ3n) is 8.77. The van der Waals surface area contributed by atoms with Crippen molar-refractivity contribution in [3.63, 3.8) is 0 Å². The lowest BCUT2D eigenvalue weighted by atomic mass is 9.59. The van der Waals surface area contributed by atoms with Gasteiger partial charge in [-0.25, -0.2) is 9.37 Å². The highest BCUT2D eigenvalue weighted by Gasteiger charge is 2.55. The number of pyridine rings is 1. The molecule has 1 aromatic carbocycles. The molecule has 0 radical (unpaired) electrons. The number of carbonyl (C=O) groups is 3. The van der Waals surface area contributed by atoms with Crippen molar-refractivity contribution in [3.8, 4) is 22.8 Å². The number of phenols is 1. The molecular weight excluding hydrogens is 559 g/mol. The number of nitrogens with one attached hydrogen (secondary N) is 1. The minimum absolute atomic E-state index is 0.0128. The van der Waals surface area contributed by atoms with Crippen molar-refractivity contribution in [2.75, 3.05) is 27.9 Å². The van der Waals surface area contributed by atoms with Crippen LogP contribution in [0.5, 0.6) is 11.6 Å². The van der Waals surface area contributed by atoms with Crippen LogP contribution in [0.1, 0.15) is 30.0 Å². The summed E-state index contributed by atoms with van der Waals surface area (Å²) in [6.45, 7) is 1.09. The van der Waals surface area contributed by atoms with Gasteiger partial charge < -0.3 is 31.1 Å². The van der Waals surface area contributed by atoms with Gasteiger partial charge in [0.2, 0.25) is 5.88 Å². The van der Waals surface area contributed by atoms with Gasteiger partial charge >= 0.3 is 0 Å². The van der Waals surface area contributed by atoms with E-state index in [9.17, 15) is 34.1 Å². The number of carbonyl (C=O) groups excluding carboxylic acids is 3. The van der Waals surface area contributed by atoms with Crippen molar-refractivity contribution in [1.82, 2.24) is 15.2 Å². The van der Waals surface area contributed by atoms with Crippen molar-refractivity contribution in [3.05, 3.63) is 58.0 Å². The Kier molecular flexibility index (Phi) is 8.01. The molecule has 6 N–H and O–H groups in total. The molecular formula is C31H35FN4O7. The third-order valence-corrected chi connectivity index (χ3v) is 8.77. The Morgan fingerprint density at radius 1 is 1.23 bits per heavy atom. The number of hydrogen-bond acceptors (Lipinski definition) is 10. The van der Waals surface area contributed by atoms with Gasteiger partial charge in [-0.15, -0.1) is 0 Å². The number of methoxy groups -OCH3 is 1. The third kappa shape index (κ3) is 4.94. The number of likely N-dealkylation sites (N-methyl/N-ethyl adjacent to an activating group) is 1. The smallest absolute Gasteiger partial charge is 0.255 e. The van der Waals surface area contributed by atoms with E-state index in [-0.39, 0.29) is 36.3 Å². The van der Waals surface area contributed by atoms with Crippen LogP contribution in [0.25, 0.3) is 16.9 Å². The van der Waals surface area contributed by atoms with Crippen LogP contribution >= 0.6 is 0 Å². The van der Waals surface area contributed by atoms with Crippen LogP contribution in [0.2, 0.25) is 0 Å². The predicted octanol–water partition coefficient (Wildman–Crippen LogP) is 2.37. The molecule has 1 heterocycles. The Bertz CT molecular complexity index is 1570. The molecule has 1 aromatic heterocycles. The zero-order valence-corrected chi connectivity index (χ0v) is 24.3. The van der Waals surface area contributed by atoms with Gasteiger partial charge in [0.1, 0.15) is 29.5 Å². The molecule has 12 heteroatoms. The predicted molar refractivity (Wildman–Crippen MR) is 155 cm³/mol. The number of fused-ring (bicyclic) bond motifs is 3. The lowest BCUT2D eigenvalue weighted by molar-refractivity contribution is -0.136. The van der Waals surface area contributed by atoms with Crippen LogP contribution in [0, 0.1) is 17.8 Å². The van der Waals surface area contributed by atoms with Crippen molar-refractivity contribution in [2.24, 2.45) is 23.5 Å². The molecule has 5 rings (SSSR count). The number of ether oxygens (including phenoxy) is 1. The number of halogens is 1. The molecule has 0 bridgehead atoms. The van der Waals surface area contributed by atoms with Gasteiger partial charge in [-0.1, -0.05) is 0 Å². The molecule has 0 saturated heterocycles. The van der Waals surface area contributed by atoms with Gasteiger partial charge in [0.05, 0.1) is 24.6 Å². The van der Waals surface area contributed by atoms with Crippen molar-refractivity contribution >= 4 is 23.2 Å². The number of Topliss-reactive ketones (excluding diaryl/α,β-unsaturated/α-hetero) is 2. The minimum atomic E-state index is -1.34.